The van der Waals surface area contributed by atoms with Crippen molar-refractivity contribution in [2.45, 2.75) is 45.1 Å². The van der Waals surface area contributed by atoms with Crippen LogP contribution in [0.15, 0.2) is 0 Å². The molecule has 2 saturated heterocycles. The summed E-state index contributed by atoms with van der Waals surface area (Å²) in [6.45, 7) is 6.45. The average Bonchev–Trinajstić information content (AvgIpc) is 3.01. The molecule has 2 rings (SSSR count). The number of hydrogen-bond donors (Lipinski definition) is 3. The third-order valence-electron chi connectivity index (χ3n) is 4.27. The Morgan fingerprint density at radius 3 is 2.70 bits per heavy atom. The molecule has 0 radical (unpaired) electrons. The normalized spacial score (nSPS) is 22.7. The van der Waals surface area contributed by atoms with E-state index in [0.29, 0.717) is 25.3 Å². The Bertz CT molecular complexity index is 450. The Morgan fingerprint density at radius 1 is 1.39 bits per heavy atom. The van der Waals surface area contributed by atoms with Crippen LogP contribution in [0.1, 0.15) is 39.5 Å². The van der Waals surface area contributed by atoms with Gasteiger partial charge in [-0.1, -0.05) is 0 Å². The van der Waals surface area contributed by atoms with Gasteiger partial charge in [0.15, 0.2) is 0 Å². The van der Waals surface area contributed by atoms with Crippen molar-refractivity contribution in [3.05, 3.63) is 0 Å². The highest BCUT2D eigenvalue weighted by Crippen LogP contribution is 2.17. The molecule has 0 bridgehead atoms. The van der Waals surface area contributed by atoms with Gasteiger partial charge in [0.25, 0.3) is 5.91 Å². The fourth-order valence-corrected chi connectivity index (χ4v) is 2.88. The molecule has 1 atom stereocenters. The lowest BCUT2D eigenvalue weighted by molar-refractivity contribution is -0.130. The SMILES string of the molecule is CC1(C)NC(=O)N(CCCC(=O)NCCC2CCNC2)C1=O.Cl. The van der Waals surface area contributed by atoms with Crippen LogP contribution in [0.25, 0.3) is 0 Å². The van der Waals surface area contributed by atoms with E-state index in [4.69, 9.17) is 0 Å². The van der Waals surface area contributed by atoms with E-state index in [2.05, 4.69) is 16.0 Å². The van der Waals surface area contributed by atoms with Gasteiger partial charge in [-0.15, -0.1) is 12.4 Å². The monoisotopic (exact) mass is 346 g/mol. The quantitative estimate of drug-likeness (QED) is 0.590. The third-order valence-corrected chi connectivity index (χ3v) is 4.27. The van der Waals surface area contributed by atoms with E-state index >= 15 is 0 Å². The van der Waals surface area contributed by atoms with Crippen LogP contribution in [0.4, 0.5) is 4.79 Å². The fourth-order valence-electron chi connectivity index (χ4n) is 2.88. The zero-order valence-electron chi connectivity index (χ0n) is 13.8. The molecule has 7 nitrogen and oxygen atoms in total. The van der Waals surface area contributed by atoms with E-state index in [0.717, 1.165) is 19.5 Å². The van der Waals surface area contributed by atoms with Crippen LogP contribution in [0.5, 0.6) is 0 Å². The van der Waals surface area contributed by atoms with Gasteiger partial charge in [-0.05, 0) is 52.1 Å². The highest BCUT2D eigenvalue weighted by molar-refractivity contribution is 6.06. The van der Waals surface area contributed by atoms with E-state index < -0.39 is 5.54 Å². The van der Waals surface area contributed by atoms with E-state index in [1.807, 2.05) is 0 Å². The maximum absolute atomic E-state index is 12.0. The summed E-state index contributed by atoms with van der Waals surface area (Å²) in [5.41, 5.74) is -0.839. The molecule has 23 heavy (non-hydrogen) atoms. The summed E-state index contributed by atoms with van der Waals surface area (Å²) in [5.74, 6) is 0.414. The summed E-state index contributed by atoms with van der Waals surface area (Å²) >= 11 is 0. The summed E-state index contributed by atoms with van der Waals surface area (Å²) in [7, 11) is 0. The van der Waals surface area contributed by atoms with Gasteiger partial charge in [0, 0.05) is 19.5 Å². The number of carbonyl (C=O) groups excluding carboxylic acids is 3. The number of urea groups is 1. The van der Waals surface area contributed by atoms with Crippen LogP contribution < -0.4 is 16.0 Å². The second-order valence-electron chi connectivity index (χ2n) is 6.61. The Balaban J connectivity index is 0.00000264. The lowest BCUT2D eigenvalue weighted by Crippen LogP contribution is -2.40. The standard InChI is InChI=1S/C15H26N4O3.ClH/c1-15(2)13(21)19(14(22)18-15)9-3-4-12(20)17-8-6-11-5-7-16-10-11;/h11,16H,3-10H2,1-2H3,(H,17,20)(H,18,22);1H. The second kappa shape index (κ2) is 8.49. The van der Waals surface area contributed by atoms with Crippen LogP contribution in [0.3, 0.4) is 0 Å². The molecule has 132 valence electrons. The van der Waals surface area contributed by atoms with Crippen molar-refractivity contribution in [1.29, 1.82) is 0 Å². The van der Waals surface area contributed by atoms with Crippen LogP contribution in [-0.4, -0.2) is 54.5 Å². The minimum absolute atomic E-state index is 0. The van der Waals surface area contributed by atoms with Gasteiger partial charge in [0.1, 0.15) is 5.54 Å². The summed E-state index contributed by atoms with van der Waals surface area (Å²) in [5, 5.41) is 8.83. The van der Waals surface area contributed by atoms with Gasteiger partial charge in [-0.3, -0.25) is 14.5 Å². The summed E-state index contributed by atoms with van der Waals surface area (Å²) in [6, 6.07) is -0.371. The fraction of sp³-hybridized carbons (Fsp3) is 0.800. The van der Waals surface area contributed by atoms with E-state index in [-0.39, 0.29) is 36.8 Å². The predicted molar refractivity (Wildman–Crippen MR) is 89.4 cm³/mol. The first-order valence-corrected chi connectivity index (χ1v) is 8.01. The predicted octanol–water partition coefficient (Wildman–Crippen LogP) is 0.635. The number of nitrogens with one attached hydrogen (secondary N) is 3. The zero-order chi connectivity index (χ0) is 16.2. The molecule has 0 aromatic rings. The van der Waals surface area contributed by atoms with Gasteiger partial charge in [0.2, 0.25) is 5.91 Å². The number of nitrogens with zero attached hydrogens (tertiary/aromatic N) is 1. The Hall–Kier alpha value is -1.34. The number of imide groups is 1. The van der Waals surface area contributed by atoms with Crippen LogP contribution in [0, 0.1) is 5.92 Å². The third kappa shape index (κ3) is 5.35. The summed E-state index contributed by atoms with van der Waals surface area (Å²) < 4.78 is 0. The first-order chi connectivity index (χ1) is 10.4. The van der Waals surface area contributed by atoms with Crippen molar-refractivity contribution < 1.29 is 14.4 Å². The van der Waals surface area contributed by atoms with Crippen LogP contribution >= 0.6 is 12.4 Å². The van der Waals surface area contributed by atoms with Crippen molar-refractivity contribution in [3.63, 3.8) is 0 Å². The molecule has 4 amide bonds. The Labute approximate surface area is 143 Å². The first kappa shape index (κ1) is 19.7. The Kier molecular flexibility index (Phi) is 7.28. The highest BCUT2D eigenvalue weighted by atomic mass is 35.5. The lowest BCUT2D eigenvalue weighted by Gasteiger charge is -2.15. The van der Waals surface area contributed by atoms with Crippen LogP contribution in [0.2, 0.25) is 0 Å². The number of rotatable bonds is 7. The molecule has 3 N–H and O–H groups in total. The van der Waals surface area contributed by atoms with Crippen molar-refractivity contribution in [1.82, 2.24) is 20.9 Å². The minimum Gasteiger partial charge on any atom is -0.356 e. The average molecular weight is 347 g/mol. The maximum atomic E-state index is 12.0. The van der Waals surface area contributed by atoms with Gasteiger partial charge >= 0.3 is 6.03 Å². The minimum atomic E-state index is -0.839. The van der Waals surface area contributed by atoms with Gasteiger partial charge in [-0.2, -0.15) is 0 Å². The zero-order valence-corrected chi connectivity index (χ0v) is 14.6. The summed E-state index contributed by atoms with van der Waals surface area (Å²) in [6.07, 6.45) is 3.00. The van der Waals surface area contributed by atoms with Gasteiger partial charge in [0.05, 0.1) is 0 Å². The molecule has 0 spiro atoms. The van der Waals surface area contributed by atoms with E-state index in [9.17, 15) is 14.4 Å². The van der Waals surface area contributed by atoms with E-state index in [1.165, 1.54) is 11.3 Å². The molecule has 0 aliphatic carbocycles. The molecule has 2 heterocycles. The molecule has 2 aliphatic heterocycles. The second-order valence-corrected chi connectivity index (χ2v) is 6.61. The molecule has 2 aliphatic rings. The smallest absolute Gasteiger partial charge is 0.325 e. The van der Waals surface area contributed by atoms with Crippen molar-refractivity contribution >= 4 is 30.3 Å². The topological polar surface area (TPSA) is 90.5 Å². The number of halogens is 1. The maximum Gasteiger partial charge on any atom is 0.325 e. The van der Waals surface area contributed by atoms with Crippen molar-refractivity contribution in [3.8, 4) is 0 Å². The molecular weight excluding hydrogens is 320 g/mol. The number of hydrogen-bond acceptors (Lipinski definition) is 4. The Morgan fingerprint density at radius 2 is 2.13 bits per heavy atom. The highest BCUT2D eigenvalue weighted by Gasteiger charge is 2.43. The summed E-state index contributed by atoms with van der Waals surface area (Å²) in [4.78, 5) is 36.6. The van der Waals surface area contributed by atoms with Crippen LogP contribution in [-0.2, 0) is 9.59 Å². The lowest BCUT2D eigenvalue weighted by atomic mass is 10.1. The molecule has 0 aromatic heterocycles. The van der Waals surface area contributed by atoms with Gasteiger partial charge in [-0.25, -0.2) is 4.79 Å². The molecule has 0 aromatic carbocycles. The molecule has 0 saturated carbocycles. The molecule has 8 heteroatoms. The molecule has 2 fully saturated rings. The van der Waals surface area contributed by atoms with Gasteiger partial charge < -0.3 is 16.0 Å². The number of amides is 4. The number of carbonyl (C=O) groups is 3. The largest absolute Gasteiger partial charge is 0.356 e. The molecular formula is C15H27ClN4O3. The van der Waals surface area contributed by atoms with E-state index in [1.54, 1.807) is 13.8 Å². The first-order valence-electron chi connectivity index (χ1n) is 8.01. The molecule has 1 unspecified atom stereocenters. The van der Waals surface area contributed by atoms with Crippen molar-refractivity contribution in [2.24, 2.45) is 5.92 Å². The van der Waals surface area contributed by atoms with Crippen molar-refractivity contribution in [2.75, 3.05) is 26.2 Å².